The average Bonchev–Trinajstić information content (AvgIpc) is 3.41. The Hall–Kier alpha value is -8.99. The predicted molar refractivity (Wildman–Crippen MR) is 294 cm³/mol. The van der Waals surface area contributed by atoms with Crippen LogP contribution in [0.3, 0.4) is 0 Å². The van der Waals surface area contributed by atoms with E-state index in [9.17, 15) is 27.6 Å². The van der Waals surface area contributed by atoms with Gasteiger partial charge in [0.2, 0.25) is 0 Å². The number of nitrogens with zero attached hydrogens (tertiary/aromatic N) is 7. The minimum Gasteiger partial charge on any atom is -0.753 e. The maximum Gasteiger partial charge on any atom is 2.00 e. The van der Waals surface area contributed by atoms with Gasteiger partial charge in [-0.3, -0.25) is 34.7 Å². The van der Waals surface area contributed by atoms with Crippen LogP contribution in [-0.2, 0) is 54.2 Å². The largest absolute Gasteiger partial charge is 2.00 e. The molecule has 0 aliphatic heterocycles. The van der Waals surface area contributed by atoms with Crippen LogP contribution in [-0.4, -0.2) is 63.4 Å². The van der Waals surface area contributed by atoms with Crippen molar-refractivity contribution in [1.29, 1.82) is 5.41 Å². The molecule has 0 saturated carbocycles. The van der Waals surface area contributed by atoms with Gasteiger partial charge in [-0.1, -0.05) is 90.2 Å². The summed E-state index contributed by atoms with van der Waals surface area (Å²) in [5, 5.41) is 19.7. The van der Waals surface area contributed by atoms with Gasteiger partial charge in [0.1, 0.15) is 23.7 Å². The maximum atomic E-state index is 13.0. The fourth-order valence-corrected chi connectivity index (χ4v) is 7.11. The van der Waals surface area contributed by atoms with Gasteiger partial charge in [0.25, 0.3) is 6.47 Å². The number of aromatic nitrogens is 4. The third-order valence-corrected chi connectivity index (χ3v) is 10.9. The van der Waals surface area contributed by atoms with Gasteiger partial charge in [-0.15, -0.1) is 12.7 Å². The summed E-state index contributed by atoms with van der Waals surface area (Å²) in [5.74, 6) is 5.52. The molecule has 7 rings (SSSR count). The number of rotatable bonds is 13. The van der Waals surface area contributed by atoms with E-state index in [1.807, 2.05) is 24.3 Å². The van der Waals surface area contributed by atoms with Gasteiger partial charge >= 0.3 is 38.6 Å². The summed E-state index contributed by atoms with van der Waals surface area (Å²) in [6, 6.07) is 38.3. The van der Waals surface area contributed by atoms with Gasteiger partial charge in [0, 0.05) is 64.6 Å². The molecule has 14 nitrogen and oxygen atoms in total. The average molecular weight is 1160 g/mol. The van der Waals surface area contributed by atoms with E-state index in [1.54, 1.807) is 36.4 Å². The minimum absolute atomic E-state index is 0. The van der Waals surface area contributed by atoms with Crippen LogP contribution in [0.15, 0.2) is 146 Å². The number of carbonyl (C=O) groups is 3. The van der Waals surface area contributed by atoms with Gasteiger partial charge < -0.3 is 29.8 Å². The number of alkyl halides is 3. The summed E-state index contributed by atoms with van der Waals surface area (Å²) in [6.07, 6.45) is 4.97. The van der Waals surface area contributed by atoms with Crippen molar-refractivity contribution in [1.82, 2.24) is 19.9 Å². The minimum atomic E-state index is -4.75. The number of thiocarbonyl (C=S) groups is 1. The molecule has 78 heavy (non-hydrogen) atoms. The molecule has 1 N–H and O–H groups in total. The van der Waals surface area contributed by atoms with Gasteiger partial charge in [0.15, 0.2) is 0 Å². The molecule has 0 aliphatic carbocycles. The van der Waals surface area contributed by atoms with Crippen molar-refractivity contribution in [2.45, 2.75) is 58.5 Å². The molecule has 4 aromatic heterocycles. The number of carbonyl (C=O) groups excluding carboxylic acids is 3. The zero-order valence-corrected chi connectivity index (χ0v) is 45.6. The number of halogens is 3. The second-order valence-electron chi connectivity index (χ2n) is 18.2. The van der Waals surface area contributed by atoms with Crippen LogP contribution < -0.4 is 9.64 Å². The molecule has 0 atom stereocenters. The van der Waals surface area contributed by atoms with Crippen LogP contribution in [0.25, 0.3) is 50.3 Å². The first-order valence-corrected chi connectivity index (χ1v) is 23.5. The van der Waals surface area contributed by atoms with E-state index in [0.717, 1.165) is 28.2 Å². The van der Waals surface area contributed by atoms with Gasteiger partial charge in [-0.05, 0) is 124 Å². The van der Waals surface area contributed by atoms with Crippen LogP contribution >= 0.6 is 12.2 Å². The Kier molecular flexibility index (Phi) is 22.7. The third kappa shape index (κ3) is 17.8. The van der Waals surface area contributed by atoms with E-state index in [2.05, 4.69) is 166 Å². The molecule has 0 bridgehead atoms. The van der Waals surface area contributed by atoms with Crippen LogP contribution in [0.5, 0.6) is 5.75 Å². The Balaban J connectivity index is 0.000000331. The van der Waals surface area contributed by atoms with E-state index in [4.69, 9.17) is 15.6 Å². The topological polar surface area (TPSA) is 194 Å². The number of ether oxygens (including phenoxy) is 3. The first-order valence-electron chi connectivity index (χ1n) is 23.0. The van der Waals surface area contributed by atoms with Gasteiger partial charge in [-0.25, -0.2) is 4.98 Å². The number of hydrogen-bond acceptors (Lipinski definition) is 13. The van der Waals surface area contributed by atoms with E-state index in [1.165, 1.54) is 54.1 Å². The molecule has 7 aromatic rings. The predicted octanol–water partition coefficient (Wildman–Crippen LogP) is 13.1. The fraction of sp³-hybridized carbons (Fsp3) is 0.169. The number of isothiocyanates is 1. The smallest absolute Gasteiger partial charge is 0.753 e. The summed E-state index contributed by atoms with van der Waals surface area (Å²) >= 11 is 3.70. The fourth-order valence-electron chi connectivity index (χ4n) is 7.11. The van der Waals surface area contributed by atoms with Crippen molar-refractivity contribution in [2.75, 3.05) is 11.9 Å². The third-order valence-electron chi connectivity index (χ3n) is 10.9. The second kappa shape index (κ2) is 28.8. The van der Waals surface area contributed by atoms with Gasteiger partial charge in [0.05, 0.1) is 22.8 Å². The van der Waals surface area contributed by atoms with Crippen molar-refractivity contribution in [3.8, 4) is 63.7 Å². The molecule has 0 radical (unpaired) electrons. The zero-order valence-electron chi connectivity index (χ0n) is 43.1. The maximum absolute atomic E-state index is 13.0. The Labute approximate surface area is 468 Å². The van der Waals surface area contributed by atoms with Crippen LogP contribution in [0.1, 0.15) is 69.5 Å². The summed E-state index contributed by atoms with van der Waals surface area (Å²) < 4.78 is 52.6. The SMILES string of the molecule is C[N-]/C(=C\C(=N)C(F)(F)F)c1cc(-c2ccc(N(c3ccc(C(C)(C)C)cc3)c3ccc(C(C)(C)C)cc3)cc2)ccn1.O=COC#Cc1ccnc(-c2cc(OC=O)cc(-c3cc(C#COC=O)ccn3)n2)c1.[N-]=C=S.[Ru+2]. The van der Waals surface area contributed by atoms with E-state index in [0.29, 0.717) is 46.5 Å². The summed E-state index contributed by atoms with van der Waals surface area (Å²) in [5.41, 5.74) is 8.73. The number of hydrogen-bond donors (Lipinski definition) is 1. The van der Waals surface area contributed by atoms with Crippen molar-refractivity contribution in [3.63, 3.8) is 0 Å². The standard InChI is InChI=1S/C36H38F3N4.C22H11N3O6.CNS.Ru/c1-34(2,3)26-10-16-29(17-11-26)43(30-18-12-27(13-19-30)35(4,5)6)28-14-8-24(9-15-28)25-20-21-42-32(22-25)31(41-7)23-33(40)36(37,38)39;26-13-29-7-3-16-1-5-23-19(9-16)21-11-18(31-15-28)12-22(25-21)20-10-17(2-6-24-20)4-8-30-14-27;2-1-3;/h8-23,40H,1-7H3;1-2,5-6,9-15H;;/q-1;;-1;+2/b31-23-,40-33?;;;. The number of anilines is 3. The van der Waals surface area contributed by atoms with E-state index >= 15 is 0 Å². The summed E-state index contributed by atoms with van der Waals surface area (Å²) in [4.78, 5) is 50.8. The van der Waals surface area contributed by atoms with Crippen LogP contribution in [0.4, 0.5) is 30.2 Å². The quantitative estimate of drug-likeness (QED) is 0.0378. The number of nitrogens with one attached hydrogen (secondary N) is 1. The van der Waals surface area contributed by atoms with Crippen LogP contribution in [0, 0.1) is 29.5 Å². The Morgan fingerprint density at radius 3 is 1.46 bits per heavy atom. The van der Waals surface area contributed by atoms with Crippen molar-refractivity contribution in [2.24, 2.45) is 0 Å². The summed E-state index contributed by atoms with van der Waals surface area (Å²) in [6.45, 7) is 13.9. The number of pyridine rings is 4. The van der Waals surface area contributed by atoms with Crippen molar-refractivity contribution in [3.05, 3.63) is 185 Å². The molecule has 19 heteroatoms. The Morgan fingerprint density at radius 1 is 0.628 bits per heavy atom. The first kappa shape index (κ1) is 61.6. The van der Waals surface area contributed by atoms with E-state index < -0.39 is 11.9 Å². The molecule has 0 fully saturated rings. The second-order valence-corrected chi connectivity index (χ2v) is 18.4. The molecular formula is C59H49F3N8O6RuS. The molecular weight excluding hydrogens is 1110 g/mol. The molecule has 0 saturated heterocycles. The monoisotopic (exact) mass is 1160 g/mol. The Bertz CT molecular complexity index is 3260. The van der Waals surface area contributed by atoms with Crippen molar-refractivity contribution >= 4 is 65.3 Å². The summed E-state index contributed by atoms with van der Waals surface area (Å²) in [7, 11) is 1.38. The number of benzene rings is 3. The molecule has 0 unspecified atom stereocenters. The van der Waals surface area contributed by atoms with Crippen molar-refractivity contribution < 1.29 is 61.2 Å². The zero-order chi connectivity index (χ0) is 56.2. The molecule has 0 aliphatic rings. The van der Waals surface area contributed by atoms with Gasteiger partial charge in [-0.2, -0.15) is 18.3 Å². The Morgan fingerprint density at radius 2 is 1.06 bits per heavy atom. The van der Waals surface area contributed by atoms with Crippen LogP contribution in [0.2, 0.25) is 0 Å². The molecule has 396 valence electrons. The first-order chi connectivity index (χ1) is 36.7. The molecule has 3 aromatic carbocycles. The molecule has 0 amide bonds. The molecule has 4 heterocycles. The number of allylic oxidation sites excluding steroid dienone is 1. The normalized spacial score (nSPS) is 10.7. The van der Waals surface area contributed by atoms with E-state index in [-0.39, 0.29) is 60.4 Å². The molecule has 0 spiro atoms.